The molecule has 0 spiro atoms. The van der Waals surface area contributed by atoms with Gasteiger partial charge in [-0.15, -0.1) is 11.8 Å². The Morgan fingerprint density at radius 1 is 1.00 bits per heavy atom. The first kappa shape index (κ1) is 16.4. The Labute approximate surface area is 145 Å². The van der Waals surface area contributed by atoms with Gasteiger partial charge in [-0.3, -0.25) is 9.97 Å². The maximum absolute atomic E-state index is 10.2. The number of pyridine rings is 1. The maximum atomic E-state index is 10.2. The lowest BCUT2D eigenvalue weighted by Crippen LogP contribution is -2.13. The highest BCUT2D eigenvalue weighted by Gasteiger charge is 2.07. The molecular weight excluding hydrogens is 320 g/mol. The van der Waals surface area contributed by atoms with Crippen LogP contribution in [-0.4, -0.2) is 26.6 Å². The van der Waals surface area contributed by atoms with E-state index in [1.807, 2.05) is 18.2 Å². The summed E-state index contributed by atoms with van der Waals surface area (Å²) in [5.41, 5.74) is 2.07. The maximum Gasteiger partial charge on any atom is 0.145 e. The van der Waals surface area contributed by atoms with Crippen molar-refractivity contribution in [2.24, 2.45) is 0 Å². The Kier molecular flexibility index (Phi) is 5.76. The van der Waals surface area contributed by atoms with Crippen molar-refractivity contribution in [2.75, 3.05) is 11.9 Å². The van der Waals surface area contributed by atoms with Crippen LogP contribution in [0.4, 0.5) is 5.82 Å². The van der Waals surface area contributed by atoms with Gasteiger partial charge in [0, 0.05) is 24.7 Å². The number of aromatic nitrogens is 3. The van der Waals surface area contributed by atoms with Gasteiger partial charge in [0.05, 0.1) is 18.5 Å². The molecule has 6 heteroatoms. The molecule has 0 fully saturated rings. The highest BCUT2D eigenvalue weighted by atomic mass is 32.2. The van der Waals surface area contributed by atoms with Gasteiger partial charge in [-0.1, -0.05) is 30.3 Å². The summed E-state index contributed by atoms with van der Waals surface area (Å²) in [4.78, 5) is 12.7. The summed E-state index contributed by atoms with van der Waals surface area (Å²) in [7, 11) is 0. The molecule has 0 radical (unpaired) electrons. The molecule has 2 N–H and O–H groups in total. The number of rotatable bonds is 7. The Bertz CT molecular complexity index is 755. The van der Waals surface area contributed by atoms with Crippen molar-refractivity contribution in [2.45, 2.75) is 16.9 Å². The molecule has 0 aliphatic rings. The molecule has 0 saturated carbocycles. The highest BCUT2D eigenvalue weighted by molar-refractivity contribution is 7.98. The molecule has 0 aliphatic carbocycles. The first-order valence-electron chi connectivity index (χ1n) is 7.62. The molecule has 1 atom stereocenters. The molecule has 0 amide bonds. The van der Waals surface area contributed by atoms with Gasteiger partial charge in [0.15, 0.2) is 0 Å². The van der Waals surface area contributed by atoms with Gasteiger partial charge >= 0.3 is 0 Å². The molecule has 3 rings (SSSR count). The van der Waals surface area contributed by atoms with Crippen LogP contribution in [0.5, 0.6) is 0 Å². The standard InChI is InChI=1S/C18H18N4OS/c23-16(15-6-8-19-9-7-15)10-21-17-11-20-12-18(22-17)24-13-14-4-2-1-3-5-14/h1-9,11-12,16,23H,10,13H2,(H,21,22). The Balaban J connectivity index is 1.55. The number of hydrogen-bond acceptors (Lipinski definition) is 6. The summed E-state index contributed by atoms with van der Waals surface area (Å²) in [5, 5.41) is 14.1. The SMILES string of the molecule is OC(CNc1cncc(SCc2ccccc2)n1)c1ccncc1. The van der Waals surface area contributed by atoms with Crippen LogP contribution in [0.2, 0.25) is 0 Å². The third-order valence-electron chi connectivity index (χ3n) is 3.41. The number of aliphatic hydroxyl groups is 1. The van der Waals surface area contributed by atoms with Gasteiger partial charge in [-0.05, 0) is 23.3 Å². The van der Waals surface area contributed by atoms with E-state index in [1.54, 1.807) is 48.7 Å². The summed E-state index contributed by atoms with van der Waals surface area (Å²) >= 11 is 1.63. The van der Waals surface area contributed by atoms with Crippen LogP contribution in [0.3, 0.4) is 0 Å². The van der Waals surface area contributed by atoms with Crippen LogP contribution in [0.25, 0.3) is 0 Å². The number of hydrogen-bond donors (Lipinski definition) is 2. The van der Waals surface area contributed by atoms with E-state index >= 15 is 0 Å². The van der Waals surface area contributed by atoms with E-state index in [0.717, 1.165) is 16.3 Å². The van der Waals surface area contributed by atoms with E-state index in [0.29, 0.717) is 12.4 Å². The normalized spacial score (nSPS) is 11.9. The molecule has 122 valence electrons. The molecule has 0 saturated heterocycles. The number of nitrogens with one attached hydrogen (secondary N) is 1. The minimum atomic E-state index is -0.615. The van der Waals surface area contributed by atoms with Gasteiger partial charge in [-0.25, -0.2) is 4.98 Å². The second kappa shape index (κ2) is 8.42. The third-order valence-corrected chi connectivity index (χ3v) is 4.38. The highest BCUT2D eigenvalue weighted by Crippen LogP contribution is 2.21. The van der Waals surface area contributed by atoms with E-state index in [1.165, 1.54) is 5.56 Å². The molecule has 24 heavy (non-hydrogen) atoms. The minimum absolute atomic E-state index is 0.367. The van der Waals surface area contributed by atoms with E-state index in [2.05, 4.69) is 32.4 Å². The number of thioether (sulfide) groups is 1. The molecule has 2 aromatic heterocycles. The predicted octanol–water partition coefficient (Wildman–Crippen LogP) is 3.31. The fourth-order valence-electron chi connectivity index (χ4n) is 2.14. The lowest BCUT2D eigenvalue weighted by atomic mass is 10.1. The first-order chi connectivity index (χ1) is 11.8. The Hall–Kier alpha value is -2.44. The Morgan fingerprint density at radius 2 is 1.79 bits per heavy atom. The van der Waals surface area contributed by atoms with Crippen LogP contribution in [0.1, 0.15) is 17.2 Å². The zero-order valence-corrected chi connectivity index (χ0v) is 13.9. The summed E-state index contributed by atoms with van der Waals surface area (Å²) in [6.07, 6.45) is 6.12. The van der Waals surface area contributed by atoms with Gasteiger partial charge < -0.3 is 10.4 Å². The second-order valence-electron chi connectivity index (χ2n) is 5.19. The Morgan fingerprint density at radius 3 is 2.58 bits per heavy atom. The number of nitrogens with zero attached hydrogens (tertiary/aromatic N) is 3. The smallest absolute Gasteiger partial charge is 0.145 e. The lowest BCUT2D eigenvalue weighted by molar-refractivity contribution is 0.191. The number of benzene rings is 1. The average Bonchev–Trinajstić information content (AvgIpc) is 2.66. The van der Waals surface area contributed by atoms with Crippen LogP contribution in [-0.2, 0) is 5.75 Å². The summed E-state index contributed by atoms with van der Waals surface area (Å²) in [6.45, 7) is 0.367. The molecule has 1 aromatic carbocycles. The van der Waals surface area contributed by atoms with Crippen molar-refractivity contribution in [3.63, 3.8) is 0 Å². The van der Waals surface area contributed by atoms with Crippen molar-refractivity contribution in [1.82, 2.24) is 15.0 Å². The van der Waals surface area contributed by atoms with Gasteiger partial charge in [0.1, 0.15) is 10.8 Å². The topological polar surface area (TPSA) is 70.9 Å². The fraction of sp³-hybridized carbons (Fsp3) is 0.167. The van der Waals surface area contributed by atoms with Crippen LogP contribution in [0, 0.1) is 0 Å². The molecule has 3 aromatic rings. The summed E-state index contributed by atoms with van der Waals surface area (Å²) < 4.78 is 0. The summed E-state index contributed by atoms with van der Waals surface area (Å²) in [6, 6.07) is 13.8. The van der Waals surface area contributed by atoms with Gasteiger partial charge in [-0.2, -0.15) is 0 Å². The third kappa shape index (κ3) is 4.78. The van der Waals surface area contributed by atoms with Gasteiger partial charge in [0.25, 0.3) is 0 Å². The second-order valence-corrected chi connectivity index (χ2v) is 6.19. The first-order valence-corrected chi connectivity index (χ1v) is 8.60. The quantitative estimate of drug-likeness (QED) is 0.644. The monoisotopic (exact) mass is 338 g/mol. The molecule has 2 heterocycles. The predicted molar refractivity (Wildman–Crippen MR) is 95.7 cm³/mol. The van der Waals surface area contributed by atoms with Crippen LogP contribution in [0.15, 0.2) is 72.3 Å². The largest absolute Gasteiger partial charge is 0.387 e. The van der Waals surface area contributed by atoms with Crippen molar-refractivity contribution in [1.29, 1.82) is 0 Å². The average molecular weight is 338 g/mol. The zero-order valence-electron chi connectivity index (χ0n) is 13.0. The lowest BCUT2D eigenvalue weighted by Gasteiger charge is -2.12. The molecule has 0 aliphatic heterocycles. The van der Waals surface area contributed by atoms with E-state index in [9.17, 15) is 5.11 Å². The zero-order chi connectivity index (χ0) is 16.6. The van der Waals surface area contributed by atoms with E-state index in [4.69, 9.17) is 0 Å². The van der Waals surface area contributed by atoms with Crippen LogP contribution < -0.4 is 5.32 Å². The summed E-state index contributed by atoms with van der Waals surface area (Å²) in [5.74, 6) is 1.50. The molecule has 1 unspecified atom stereocenters. The molecule has 0 bridgehead atoms. The van der Waals surface area contributed by atoms with Crippen molar-refractivity contribution in [3.8, 4) is 0 Å². The van der Waals surface area contributed by atoms with Gasteiger partial charge in [0.2, 0.25) is 0 Å². The van der Waals surface area contributed by atoms with E-state index in [-0.39, 0.29) is 0 Å². The van der Waals surface area contributed by atoms with E-state index < -0.39 is 6.10 Å². The molecule has 5 nitrogen and oxygen atoms in total. The number of anilines is 1. The molecular formula is C18H18N4OS. The van der Waals surface area contributed by atoms with Crippen molar-refractivity contribution in [3.05, 3.63) is 78.4 Å². The fourth-order valence-corrected chi connectivity index (χ4v) is 2.94. The minimum Gasteiger partial charge on any atom is -0.387 e. The van der Waals surface area contributed by atoms with Crippen molar-refractivity contribution < 1.29 is 5.11 Å². The van der Waals surface area contributed by atoms with Crippen LogP contribution >= 0.6 is 11.8 Å². The number of aliphatic hydroxyl groups excluding tert-OH is 1. The van der Waals surface area contributed by atoms with Crippen molar-refractivity contribution >= 4 is 17.6 Å².